The quantitative estimate of drug-likeness (QED) is 0.863. The molecular weight excluding hydrogens is 290 g/mol. The number of hydrogen-bond acceptors (Lipinski definition) is 5. The van der Waals surface area contributed by atoms with Crippen LogP contribution in [0.3, 0.4) is 0 Å². The Hall–Kier alpha value is -2.02. The number of nitrogens with zero attached hydrogens (tertiary/aromatic N) is 3. The minimum atomic E-state index is 0.0157. The van der Waals surface area contributed by atoms with Crippen molar-refractivity contribution in [3.63, 3.8) is 0 Å². The number of hydrogen-bond donors (Lipinski definition) is 0. The fourth-order valence-electron chi connectivity index (χ4n) is 2.44. The molecule has 1 aliphatic rings. The largest absolute Gasteiger partial charge is 0.467 e. The van der Waals surface area contributed by atoms with Crippen LogP contribution in [0.15, 0.2) is 35.1 Å². The average molecular weight is 305 g/mol. The highest BCUT2D eigenvalue weighted by molar-refractivity contribution is 8.14. The predicted octanol–water partition coefficient (Wildman–Crippen LogP) is 1.91. The van der Waals surface area contributed by atoms with Crippen LogP contribution in [-0.4, -0.2) is 32.6 Å². The summed E-state index contributed by atoms with van der Waals surface area (Å²) in [4.78, 5) is 25.0. The smallest absolute Gasteiger partial charge is 0.229 e. The van der Waals surface area contributed by atoms with Crippen LogP contribution in [-0.2, 0) is 16.1 Å². The lowest BCUT2D eigenvalue weighted by atomic mass is 10.4. The summed E-state index contributed by atoms with van der Waals surface area (Å²) in [6.45, 7) is 2.54. The SMILES string of the molecule is CC(=O)SC1CC(=O)N(c2ccnn2Cc2ccco2)C1. The number of aromatic nitrogens is 2. The summed E-state index contributed by atoms with van der Waals surface area (Å²) in [5.41, 5.74) is 0. The van der Waals surface area contributed by atoms with Crippen molar-refractivity contribution in [3.8, 4) is 0 Å². The zero-order chi connectivity index (χ0) is 14.8. The molecule has 0 saturated carbocycles. The van der Waals surface area contributed by atoms with Gasteiger partial charge >= 0.3 is 0 Å². The monoisotopic (exact) mass is 305 g/mol. The first-order chi connectivity index (χ1) is 10.1. The van der Waals surface area contributed by atoms with Crippen LogP contribution in [0.4, 0.5) is 5.82 Å². The molecule has 1 saturated heterocycles. The Bertz CT molecular complexity index is 650. The molecule has 0 aromatic carbocycles. The van der Waals surface area contributed by atoms with E-state index >= 15 is 0 Å². The van der Waals surface area contributed by atoms with E-state index in [-0.39, 0.29) is 16.3 Å². The first-order valence-electron chi connectivity index (χ1n) is 6.65. The van der Waals surface area contributed by atoms with Crippen LogP contribution in [0.1, 0.15) is 19.1 Å². The zero-order valence-electron chi connectivity index (χ0n) is 11.6. The fourth-order valence-corrected chi connectivity index (χ4v) is 3.36. The molecule has 1 fully saturated rings. The lowest BCUT2D eigenvalue weighted by Crippen LogP contribution is -2.27. The van der Waals surface area contributed by atoms with E-state index in [1.165, 1.54) is 18.7 Å². The van der Waals surface area contributed by atoms with E-state index in [1.807, 2.05) is 18.2 Å². The zero-order valence-corrected chi connectivity index (χ0v) is 12.4. The second-order valence-corrected chi connectivity index (χ2v) is 6.34. The number of rotatable bonds is 4. The maximum atomic E-state index is 12.2. The van der Waals surface area contributed by atoms with Gasteiger partial charge < -0.3 is 4.42 Å². The topological polar surface area (TPSA) is 68.3 Å². The van der Waals surface area contributed by atoms with Crippen molar-refractivity contribution < 1.29 is 14.0 Å². The maximum Gasteiger partial charge on any atom is 0.229 e. The Morgan fingerprint density at radius 2 is 2.38 bits per heavy atom. The number of carbonyl (C=O) groups is 2. The van der Waals surface area contributed by atoms with E-state index in [4.69, 9.17) is 4.42 Å². The van der Waals surface area contributed by atoms with Crippen LogP contribution < -0.4 is 4.90 Å². The number of thioether (sulfide) groups is 1. The van der Waals surface area contributed by atoms with Gasteiger partial charge in [-0.05, 0) is 12.1 Å². The van der Waals surface area contributed by atoms with Crippen molar-refractivity contribution in [3.05, 3.63) is 36.4 Å². The van der Waals surface area contributed by atoms with Gasteiger partial charge in [-0.2, -0.15) is 5.10 Å². The van der Waals surface area contributed by atoms with Gasteiger partial charge in [-0.1, -0.05) is 11.8 Å². The lowest BCUT2D eigenvalue weighted by Gasteiger charge is -2.17. The van der Waals surface area contributed by atoms with Crippen LogP contribution in [0.2, 0.25) is 0 Å². The third kappa shape index (κ3) is 3.02. The molecule has 7 heteroatoms. The van der Waals surface area contributed by atoms with E-state index in [9.17, 15) is 9.59 Å². The normalized spacial score (nSPS) is 18.4. The highest BCUT2D eigenvalue weighted by Crippen LogP contribution is 2.28. The minimum Gasteiger partial charge on any atom is -0.467 e. The molecule has 0 bridgehead atoms. The molecule has 0 radical (unpaired) electrons. The van der Waals surface area contributed by atoms with Gasteiger partial charge in [-0.25, -0.2) is 4.68 Å². The average Bonchev–Trinajstić information content (AvgIpc) is 3.11. The molecule has 2 aromatic rings. The molecular formula is C14H15N3O3S. The summed E-state index contributed by atoms with van der Waals surface area (Å²) in [5.74, 6) is 1.54. The van der Waals surface area contributed by atoms with Crippen molar-refractivity contribution in [1.29, 1.82) is 0 Å². The third-order valence-corrected chi connectivity index (χ3v) is 4.26. The first-order valence-corrected chi connectivity index (χ1v) is 7.53. The Morgan fingerprint density at radius 3 is 3.10 bits per heavy atom. The van der Waals surface area contributed by atoms with Gasteiger partial charge in [0.1, 0.15) is 18.1 Å². The molecule has 1 amide bonds. The maximum absolute atomic E-state index is 12.2. The summed E-state index contributed by atoms with van der Waals surface area (Å²) >= 11 is 1.23. The summed E-state index contributed by atoms with van der Waals surface area (Å²) < 4.78 is 7.05. The van der Waals surface area contributed by atoms with E-state index < -0.39 is 0 Å². The predicted molar refractivity (Wildman–Crippen MR) is 79.1 cm³/mol. The van der Waals surface area contributed by atoms with Crippen LogP contribution in [0.25, 0.3) is 0 Å². The van der Waals surface area contributed by atoms with Crippen LogP contribution in [0.5, 0.6) is 0 Å². The van der Waals surface area contributed by atoms with E-state index in [2.05, 4.69) is 5.10 Å². The molecule has 3 rings (SSSR count). The summed E-state index contributed by atoms with van der Waals surface area (Å²) in [6.07, 6.45) is 3.66. The number of amides is 1. The van der Waals surface area contributed by atoms with Crippen molar-refractivity contribution in [2.45, 2.75) is 25.1 Å². The summed E-state index contributed by atoms with van der Waals surface area (Å²) in [7, 11) is 0. The summed E-state index contributed by atoms with van der Waals surface area (Å²) in [5, 5.41) is 4.30. The van der Waals surface area contributed by atoms with E-state index in [1.54, 1.807) is 22.0 Å². The molecule has 0 spiro atoms. The van der Waals surface area contributed by atoms with Crippen molar-refractivity contribution >= 4 is 28.6 Å². The van der Waals surface area contributed by atoms with Gasteiger partial charge in [0.2, 0.25) is 5.91 Å². The molecule has 110 valence electrons. The van der Waals surface area contributed by atoms with Gasteiger partial charge in [0.05, 0.1) is 12.5 Å². The van der Waals surface area contributed by atoms with Crippen molar-refractivity contribution in [1.82, 2.24) is 9.78 Å². The standard InChI is InChI=1S/C14H15N3O3S/c1-10(18)21-12-7-14(19)16(9-12)13-4-5-15-17(13)8-11-3-2-6-20-11/h2-6,12H,7-9H2,1H3. The Balaban J connectivity index is 1.77. The number of furan rings is 1. The van der Waals surface area contributed by atoms with Crippen LogP contribution in [0, 0.1) is 0 Å². The third-order valence-electron chi connectivity index (χ3n) is 3.28. The Kier molecular flexibility index (Phi) is 3.83. The summed E-state index contributed by atoms with van der Waals surface area (Å²) in [6, 6.07) is 5.49. The number of carbonyl (C=O) groups excluding carboxylic acids is 2. The van der Waals surface area contributed by atoms with Gasteiger partial charge in [0.15, 0.2) is 5.12 Å². The molecule has 6 nitrogen and oxygen atoms in total. The van der Waals surface area contributed by atoms with E-state index in [0.29, 0.717) is 19.5 Å². The molecule has 21 heavy (non-hydrogen) atoms. The number of anilines is 1. The second-order valence-electron chi connectivity index (χ2n) is 4.87. The second kappa shape index (κ2) is 5.77. The highest BCUT2D eigenvalue weighted by atomic mass is 32.2. The Labute approximate surface area is 126 Å². The van der Waals surface area contributed by atoms with Gasteiger partial charge in [-0.3, -0.25) is 14.5 Å². The van der Waals surface area contributed by atoms with Gasteiger partial charge in [0.25, 0.3) is 0 Å². The Morgan fingerprint density at radius 1 is 1.52 bits per heavy atom. The van der Waals surface area contributed by atoms with Crippen LogP contribution >= 0.6 is 11.8 Å². The van der Waals surface area contributed by atoms with Crippen molar-refractivity contribution in [2.24, 2.45) is 0 Å². The molecule has 0 N–H and O–H groups in total. The highest BCUT2D eigenvalue weighted by Gasteiger charge is 2.33. The molecule has 3 heterocycles. The first kappa shape index (κ1) is 13.9. The van der Waals surface area contributed by atoms with Crippen molar-refractivity contribution in [2.75, 3.05) is 11.4 Å². The molecule has 1 aliphatic heterocycles. The minimum absolute atomic E-state index is 0.0157. The fraction of sp³-hybridized carbons (Fsp3) is 0.357. The molecule has 0 aliphatic carbocycles. The van der Waals surface area contributed by atoms with Gasteiger partial charge in [0, 0.05) is 31.2 Å². The molecule has 1 atom stereocenters. The molecule has 1 unspecified atom stereocenters. The van der Waals surface area contributed by atoms with E-state index in [0.717, 1.165) is 11.6 Å². The van der Waals surface area contributed by atoms with Gasteiger partial charge in [-0.15, -0.1) is 0 Å². The molecule has 2 aromatic heterocycles. The lowest BCUT2D eigenvalue weighted by molar-refractivity contribution is -0.117.